The molecular formula is C57H42N2. The van der Waals surface area contributed by atoms with E-state index in [0.29, 0.717) is 0 Å². The number of rotatable bonds is 5. The molecule has 0 amide bonds. The van der Waals surface area contributed by atoms with Crippen molar-refractivity contribution in [1.29, 1.82) is 0 Å². The molecule has 2 heteroatoms. The Balaban J connectivity index is 0.922. The lowest BCUT2D eigenvalue weighted by molar-refractivity contribution is 0.660. The van der Waals surface area contributed by atoms with Crippen LogP contribution in [-0.2, 0) is 5.41 Å². The van der Waals surface area contributed by atoms with Gasteiger partial charge in [-0.05, 0) is 132 Å². The summed E-state index contributed by atoms with van der Waals surface area (Å²) in [5.41, 5.74) is 15.3. The van der Waals surface area contributed by atoms with E-state index in [1.54, 1.807) is 0 Å². The summed E-state index contributed by atoms with van der Waals surface area (Å²) < 4.78 is 0. The molecule has 2 nitrogen and oxygen atoms in total. The third kappa shape index (κ3) is 5.19. The Hall–Kier alpha value is -7.16. The predicted molar refractivity (Wildman–Crippen MR) is 250 cm³/mol. The molecule has 0 saturated carbocycles. The molecule has 0 aromatic heterocycles. The van der Waals surface area contributed by atoms with Gasteiger partial charge in [-0.15, -0.1) is 0 Å². The van der Waals surface area contributed by atoms with Crippen LogP contribution >= 0.6 is 0 Å². The Labute approximate surface area is 345 Å². The highest BCUT2D eigenvalue weighted by molar-refractivity contribution is 6.09. The molecule has 0 radical (unpaired) electrons. The van der Waals surface area contributed by atoms with Crippen LogP contribution in [0.25, 0.3) is 49.0 Å². The second kappa shape index (κ2) is 12.9. The number of hydrogen-bond acceptors (Lipinski definition) is 2. The minimum absolute atomic E-state index is 0.0743. The summed E-state index contributed by atoms with van der Waals surface area (Å²) in [7, 11) is 0. The van der Waals surface area contributed by atoms with Crippen molar-refractivity contribution >= 4 is 66.3 Å². The first-order valence-corrected chi connectivity index (χ1v) is 20.8. The first-order chi connectivity index (χ1) is 29.0. The highest BCUT2D eigenvalue weighted by Gasteiger charge is 2.40. The molecule has 9 aromatic carbocycles. The molecule has 1 heterocycles. The quantitative estimate of drug-likeness (QED) is 0.161. The van der Waals surface area contributed by atoms with E-state index in [9.17, 15) is 0 Å². The van der Waals surface area contributed by atoms with Crippen LogP contribution in [0.15, 0.2) is 206 Å². The highest BCUT2D eigenvalue weighted by atomic mass is 15.2. The molecule has 0 bridgehead atoms. The lowest BCUT2D eigenvalue weighted by Crippen LogP contribution is -2.28. The largest absolute Gasteiger partial charge is 0.333 e. The summed E-state index contributed by atoms with van der Waals surface area (Å²) in [4.78, 5) is 4.94. The van der Waals surface area contributed by atoms with Crippen LogP contribution in [0.4, 0.5) is 28.4 Å². The van der Waals surface area contributed by atoms with Crippen LogP contribution in [0, 0.1) is 0 Å². The van der Waals surface area contributed by atoms with Gasteiger partial charge in [0.05, 0.1) is 6.04 Å². The summed E-state index contributed by atoms with van der Waals surface area (Å²) in [6, 6.07) is 69.8. The average Bonchev–Trinajstić information content (AvgIpc) is 3.75. The van der Waals surface area contributed by atoms with Gasteiger partial charge in [-0.2, -0.15) is 0 Å². The Bertz CT molecular complexity index is 3210. The van der Waals surface area contributed by atoms with Gasteiger partial charge in [0.2, 0.25) is 0 Å². The molecule has 0 spiro atoms. The van der Waals surface area contributed by atoms with Crippen molar-refractivity contribution in [2.45, 2.75) is 31.2 Å². The second-order valence-electron chi connectivity index (χ2n) is 16.9. The Kier molecular flexibility index (Phi) is 7.43. The minimum atomic E-state index is -0.0743. The van der Waals surface area contributed by atoms with Gasteiger partial charge in [0.1, 0.15) is 0 Å². The lowest BCUT2D eigenvalue weighted by Gasteiger charge is -2.29. The maximum absolute atomic E-state index is 2.53. The standard InChI is InChI=1S/C57H42N2/c1-57(2)52-20-12-11-19-49(52)50-30-27-45(36-53(50)57)58(42-14-5-3-6-15-42)44-26-29-47-41(34-44)22-21-40-33-38(23-28-46(40)47)39-25-31-54-51(35-39)56-48-18-10-9-13-37(48)24-32-55(56)59(54)43-16-7-4-8-17-43/h3-36,51,54H,1-2H3. The van der Waals surface area contributed by atoms with Gasteiger partial charge in [0.25, 0.3) is 0 Å². The molecule has 0 N–H and O–H groups in total. The van der Waals surface area contributed by atoms with Crippen LogP contribution in [0.2, 0.25) is 0 Å². The van der Waals surface area contributed by atoms with Gasteiger partial charge in [-0.1, -0.05) is 159 Å². The number of fused-ring (bicyclic) bond motifs is 11. The molecule has 280 valence electrons. The van der Waals surface area contributed by atoms with E-state index in [0.717, 1.165) is 11.4 Å². The number of allylic oxidation sites excluding steroid dienone is 2. The second-order valence-corrected chi connectivity index (χ2v) is 16.9. The van der Waals surface area contributed by atoms with Gasteiger partial charge in [-0.25, -0.2) is 0 Å². The average molecular weight is 755 g/mol. The first kappa shape index (κ1) is 33.9. The van der Waals surface area contributed by atoms with Crippen LogP contribution < -0.4 is 9.80 Å². The summed E-state index contributed by atoms with van der Waals surface area (Å²) >= 11 is 0. The first-order valence-electron chi connectivity index (χ1n) is 20.8. The number of hydrogen-bond donors (Lipinski definition) is 0. The molecule has 1 aliphatic heterocycles. The van der Waals surface area contributed by atoms with Crippen molar-refractivity contribution in [3.63, 3.8) is 0 Å². The van der Waals surface area contributed by atoms with E-state index in [-0.39, 0.29) is 17.4 Å². The van der Waals surface area contributed by atoms with Gasteiger partial charge in [0.15, 0.2) is 0 Å². The zero-order valence-corrected chi connectivity index (χ0v) is 33.2. The van der Waals surface area contributed by atoms with Crippen molar-refractivity contribution in [3.05, 3.63) is 229 Å². The Morgan fingerprint density at radius 3 is 2.00 bits per heavy atom. The van der Waals surface area contributed by atoms with Gasteiger partial charge in [-0.3, -0.25) is 0 Å². The molecule has 59 heavy (non-hydrogen) atoms. The van der Waals surface area contributed by atoms with E-state index in [1.807, 2.05) is 0 Å². The Morgan fingerprint density at radius 2 is 1.15 bits per heavy atom. The predicted octanol–water partition coefficient (Wildman–Crippen LogP) is 15.2. The monoisotopic (exact) mass is 754 g/mol. The fraction of sp³-hybridized carbons (Fsp3) is 0.0877. The molecule has 9 aromatic rings. The normalized spacial score (nSPS) is 17.1. The molecule has 12 rings (SSSR count). The minimum Gasteiger partial charge on any atom is -0.333 e. The van der Waals surface area contributed by atoms with Crippen LogP contribution in [0.3, 0.4) is 0 Å². The van der Waals surface area contributed by atoms with E-state index >= 15 is 0 Å². The van der Waals surface area contributed by atoms with Crippen molar-refractivity contribution in [2.75, 3.05) is 9.80 Å². The summed E-state index contributed by atoms with van der Waals surface area (Å²) in [5, 5.41) is 7.64. The van der Waals surface area contributed by atoms with E-state index in [4.69, 9.17) is 0 Å². The fourth-order valence-corrected chi connectivity index (χ4v) is 10.5. The Morgan fingerprint density at radius 1 is 0.492 bits per heavy atom. The van der Waals surface area contributed by atoms with E-state index in [1.165, 1.54) is 88.3 Å². The molecule has 2 atom stereocenters. The summed E-state index contributed by atoms with van der Waals surface area (Å²) in [6.07, 6.45) is 7.29. The number of benzene rings is 9. The third-order valence-electron chi connectivity index (χ3n) is 13.3. The van der Waals surface area contributed by atoms with Crippen LogP contribution in [0.1, 0.15) is 42.0 Å². The zero-order valence-electron chi connectivity index (χ0n) is 33.2. The van der Waals surface area contributed by atoms with Crippen molar-refractivity contribution in [1.82, 2.24) is 0 Å². The maximum Gasteiger partial charge on any atom is 0.0630 e. The van der Waals surface area contributed by atoms with E-state index < -0.39 is 0 Å². The fourth-order valence-electron chi connectivity index (χ4n) is 10.5. The van der Waals surface area contributed by atoms with Crippen molar-refractivity contribution in [2.24, 2.45) is 0 Å². The molecular weight excluding hydrogens is 713 g/mol. The molecule has 0 saturated heterocycles. The number of nitrogens with zero attached hydrogens (tertiary/aromatic N) is 2. The SMILES string of the molecule is CC1(C)c2ccccc2-c2ccc(N(c3ccccc3)c3ccc4c(ccc5cc(C6=CC7c8c(ccc9ccccc89)N(c8ccccc8)C7C=C6)ccc54)c3)cc21. The smallest absolute Gasteiger partial charge is 0.0630 e. The van der Waals surface area contributed by atoms with Crippen LogP contribution in [0.5, 0.6) is 0 Å². The maximum atomic E-state index is 2.53. The molecule has 0 fully saturated rings. The van der Waals surface area contributed by atoms with Crippen molar-refractivity contribution in [3.8, 4) is 11.1 Å². The third-order valence-corrected chi connectivity index (χ3v) is 13.3. The van der Waals surface area contributed by atoms with Crippen molar-refractivity contribution < 1.29 is 0 Å². The number of anilines is 5. The summed E-state index contributed by atoms with van der Waals surface area (Å²) in [6.45, 7) is 4.71. The molecule has 3 aliphatic rings. The number of para-hydroxylation sites is 2. The molecule has 2 unspecified atom stereocenters. The van der Waals surface area contributed by atoms with Gasteiger partial charge < -0.3 is 9.80 Å². The van der Waals surface area contributed by atoms with Gasteiger partial charge in [0, 0.05) is 39.8 Å². The zero-order chi connectivity index (χ0) is 39.2. The van der Waals surface area contributed by atoms with E-state index in [2.05, 4.69) is 230 Å². The highest BCUT2D eigenvalue weighted by Crippen LogP contribution is 2.53. The molecule has 2 aliphatic carbocycles. The van der Waals surface area contributed by atoms with Gasteiger partial charge >= 0.3 is 0 Å². The van der Waals surface area contributed by atoms with Crippen LogP contribution in [-0.4, -0.2) is 6.04 Å². The topological polar surface area (TPSA) is 6.48 Å². The lowest BCUT2D eigenvalue weighted by atomic mass is 9.82. The summed E-state index contributed by atoms with van der Waals surface area (Å²) in [5.74, 6) is 0.238.